The van der Waals surface area contributed by atoms with E-state index in [-0.39, 0.29) is 0 Å². The van der Waals surface area contributed by atoms with E-state index in [0.29, 0.717) is 5.92 Å². The standard InChI is InChI=1S/C14H15N/c1-11-3-8-13(9-4-11)14(15-2)10-7-12-5-6-12/h3-4,8-9,12H,5-6H2,1-2H3. The molecule has 2 rings (SSSR count). The average molecular weight is 197 g/mol. The van der Waals surface area contributed by atoms with Gasteiger partial charge in [-0.1, -0.05) is 35.7 Å². The van der Waals surface area contributed by atoms with Crippen LogP contribution in [0.3, 0.4) is 0 Å². The van der Waals surface area contributed by atoms with Crippen LogP contribution in [-0.4, -0.2) is 12.8 Å². The highest BCUT2D eigenvalue weighted by Gasteiger charge is 2.17. The highest BCUT2D eigenvalue weighted by atomic mass is 14.7. The number of aliphatic imine (C=N–C) groups is 1. The van der Waals surface area contributed by atoms with E-state index < -0.39 is 0 Å². The van der Waals surface area contributed by atoms with E-state index in [2.05, 4.69) is 48.0 Å². The van der Waals surface area contributed by atoms with Crippen molar-refractivity contribution in [1.82, 2.24) is 0 Å². The molecule has 0 radical (unpaired) electrons. The van der Waals surface area contributed by atoms with Gasteiger partial charge < -0.3 is 0 Å². The van der Waals surface area contributed by atoms with Crippen molar-refractivity contribution in [2.45, 2.75) is 19.8 Å². The van der Waals surface area contributed by atoms with Gasteiger partial charge in [-0.05, 0) is 25.7 Å². The summed E-state index contributed by atoms with van der Waals surface area (Å²) in [5, 5.41) is 0. The lowest BCUT2D eigenvalue weighted by Gasteiger charge is -1.98. The molecule has 0 bridgehead atoms. The summed E-state index contributed by atoms with van der Waals surface area (Å²) in [6.45, 7) is 2.09. The molecular formula is C14H15N. The largest absolute Gasteiger partial charge is 0.279 e. The molecule has 1 aromatic rings. The molecule has 0 N–H and O–H groups in total. The molecule has 0 saturated heterocycles. The Morgan fingerprint density at radius 2 is 1.93 bits per heavy atom. The molecule has 1 heteroatoms. The molecule has 0 unspecified atom stereocenters. The van der Waals surface area contributed by atoms with Gasteiger partial charge in [-0.3, -0.25) is 4.99 Å². The fourth-order valence-corrected chi connectivity index (χ4v) is 1.37. The van der Waals surface area contributed by atoms with E-state index in [4.69, 9.17) is 0 Å². The van der Waals surface area contributed by atoms with Crippen molar-refractivity contribution in [1.29, 1.82) is 0 Å². The van der Waals surface area contributed by atoms with Crippen molar-refractivity contribution in [3.8, 4) is 11.8 Å². The fraction of sp³-hybridized carbons (Fsp3) is 0.357. The highest BCUT2D eigenvalue weighted by Crippen LogP contribution is 2.27. The summed E-state index contributed by atoms with van der Waals surface area (Å²) in [4.78, 5) is 4.23. The summed E-state index contributed by atoms with van der Waals surface area (Å²) in [6, 6.07) is 8.36. The number of nitrogens with zero attached hydrogens (tertiary/aromatic N) is 1. The molecule has 0 aromatic heterocycles. The second kappa shape index (κ2) is 4.31. The number of hydrogen-bond acceptors (Lipinski definition) is 1. The monoisotopic (exact) mass is 197 g/mol. The Hall–Kier alpha value is -1.55. The van der Waals surface area contributed by atoms with Crippen molar-refractivity contribution in [2.75, 3.05) is 7.05 Å². The predicted octanol–water partition coefficient (Wildman–Crippen LogP) is 2.83. The lowest BCUT2D eigenvalue weighted by atomic mass is 10.1. The van der Waals surface area contributed by atoms with Crippen LogP contribution in [0.1, 0.15) is 24.0 Å². The Kier molecular flexibility index (Phi) is 2.87. The number of benzene rings is 1. The first-order chi connectivity index (χ1) is 7.29. The van der Waals surface area contributed by atoms with Crippen LogP contribution in [0.25, 0.3) is 0 Å². The maximum Gasteiger partial charge on any atom is 0.114 e. The Balaban J connectivity index is 2.20. The molecule has 1 aromatic carbocycles. The minimum Gasteiger partial charge on any atom is -0.279 e. The zero-order valence-electron chi connectivity index (χ0n) is 9.25. The van der Waals surface area contributed by atoms with E-state index in [9.17, 15) is 0 Å². The lowest BCUT2D eigenvalue weighted by molar-refractivity contribution is 1.18. The van der Waals surface area contributed by atoms with Gasteiger partial charge in [0, 0.05) is 18.5 Å². The first kappa shape index (κ1) is 9.98. The Morgan fingerprint density at radius 1 is 1.27 bits per heavy atom. The number of hydrogen-bond donors (Lipinski definition) is 0. The summed E-state index contributed by atoms with van der Waals surface area (Å²) < 4.78 is 0. The molecule has 1 saturated carbocycles. The fourth-order valence-electron chi connectivity index (χ4n) is 1.37. The Morgan fingerprint density at radius 3 is 2.47 bits per heavy atom. The van der Waals surface area contributed by atoms with Crippen molar-refractivity contribution >= 4 is 5.71 Å². The van der Waals surface area contributed by atoms with Crippen molar-refractivity contribution in [3.63, 3.8) is 0 Å². The van der Waals surface area contributed by atoms with E-state index in [0.717, 1.165) is 11.3 Å². The second-order valence-corrected chi connectivity index (χ2v) is 3.98. The third kappa shape index (κ3) is 2.70. The first-order valence-corrected chi connectivity index (χ1v) is 5.35. The van der Waals surface area contributed by atoms with Gasteiger partial charge in [0.15, 0.2) is 0 Å². The van der Waals surface area contributed by atoms with Gasteiger partial charge in [-0.25, -0.2) is 0 Å². The van der Waals surface area contributed by atoms with E-state index in [1.165, 1.54) is 18.4 Å². The molecule has 0 spiro atoms. The highest BCUT2D eigenvalue weighted by molar-refractivity contribution is 6.13. The molecule has 1 aliphatic rings. The third-order valence-corrected chi connectivity index (χ3v) is 2.52. The first-order valence-electron chi connectivity index (χ1n) is 5.35. The molecule has 1 nitrogen and oxygen atoms in total. The van der Waals surface area contributed by atoms with Crippen LogP contribution in [0.4, 0.5) is 0 Å². The Labute approximate surface area is 91.2 Å². The van der Waals surface area contributed by atoms with Gasteiger partial charge in [-0.15, -0.1) is 0 Å². The topological polar surface area (TPSA) is 12.4 Å². The SMILES string of the molecule is CN=C(C#CC1CC1)c1ccc(C)cc1. The van der Waals surface area contributed by atoms with Crippen LogP contribution in [0.2, 0.25) is 0 Å². The van der Waals surface area contributed by atoms with Gasteiger partial charge in [0.25, 0.3) is 0 Å². The van der Waals surface area contributed by atoms with Crippen LogP contribution in [0.15, 0.2) is 29.3 Å². The van der Waals surface area contributed by atoms with Crippen molar-refractivity contribution in [3.05, 3.63) is 35.4 Å². The molecule has 0 heterocycles. The summed E-state index contributed by atoms with van der Waals surface area (Å²) in [5.41, 5.74) is 3.29. The minimum atomic E-state index is 0.632. The molecule has 76 valence electrons. The normalized spacial score (nSPS) is 15.7. The smallest absolute Gasteiger partial charge is 0.114 e. The van der Waals surface area contributed by atoms with Gasteiger partial charge in [0.2, 0.25) is 0 Å². The van der Waals surface area contributed by atoms with Crippen LogP contribution in [0.5, 0.6) is 0 Å². The molecule has 1 aliphatic carbocycles. The van der Waals surface area contributed by atoms with Crippen LogP contribution >= 0.6 is 0 Å². The molecule has 15 heavy (non-hydrogen) atoms. The van der Waals surface area contributed by atoms with E-state index in [1.54, 1.807) is 7.05 Å². The third-order valence-electron chi connectivity index (χ3n) is 2.52. The minimum absolute atomic E-state index is 0.632. The quantitative estimate of drug-likeness (QED) is 0.485. The molecule has 1 fully saturated rings. The van der Waals surface area contributed by atoms with Gasteiger partial charge in [0.05, 0.1) is 0 Å². The van der Waals surface area contributed by atoms with E-state index in [1.807, 2.05) is 0 Å². The summed E-state index contributed by atoms with van der Waals surface area (Å²) in [7, 11) is 1.80. The van der Waals surface area contributed by atoms with Gasteiger partial charge in [-0.2, -0.15) is 0 Å². The van der Waals surface area contributed by atoms with Gasteiger partial charge in [0.1, 0.15) is 5.71 Å². The van der Waals surface area contributed by atoms with Crippen LogP contribution < -0.4 is 0 Å². The molecule has 0 atom stereocenters. The predicted molar refractivity (Wildman–Crippen MR) is 64.1 cm³/mol. The average Bonchev–Trinajstić information content (AvgIpc) is 3.05. The zero-order valence-corrected chi connectivity index (χ0v) is 9.25. The summed E-state index contributed by atoms with van der Waals surface area (Å²) in [5.74, 6) is 7.04. The zero-order chi connectivity index (χ0) is 10.7. The number of rotatable bonds is 1. The maximum absolute atomic E-state index is 4.23. The van der Waals surface area contributed by atoms with Crippen molar-refractivity contribution < 1.29 is 0 Å². The van der Waals surface area contributed by atoms with E-state index >= 15 is 0 Å². The molecule has 0 aliphatic heterocycles. The Bertz CT molecular complexity index is 425. The molecular weight excluding hydrogens is 182 g/mol. The lowest BCUT2D eigenvalue weighted by Crippen LogP contribution is -1.97. The van der Waals surface area contributed by atoms with Gasteiger partial charge >= 0.3 is 0 Å². The number of aryl methyl sites for hydroxylation is 1. The van der Waals surface area contributed by atoms with Crippen molar-refractivity contribution in [2.24, 2.45) is 10.9 Å². The summed E-state index contributed by atoms with van der Waals surface area (Å²) in [6.07, 6.45) is 2.52. The molecule has 0 amide bonds. The van der Waals surface area contributed by atoms with Crippen LogP contribution in [-0.2, 0) is 0 Å². The second-order valence-electron chi connectivity index (χ2n) is 3.98. The summed E-state index contributed by atoms with van der Waals surface area (Å²) >= 11 is 0. The van der Waals surface area contributed by atoms with Crippen LogP contribution in [0, 0.1) is 24.7 Å². The maximum atomic E-state index is 4.23.